The van der Waals surface area contributed by atoms with E-state index < -0.39 is 6.04 Å². The van der Waals surface area contributed by atoms with Gasteiger partial charge in [0.2, 0.25) is 5.91 Å². The van der Waals surface area contributed by atoms with E-state index in [0.29, 0.717) is 18.8 Å². The number of benzene rings is 2. The van der Waals surface area contributed by atoms with Crippen LogP contribution in [-0.2, 0) is 16.1 Å². The minimum Gasteiger partial charge on any atom is -0.484 e. The molecular weight excluding hydrogens is 340 g/mol. The summed E-state index contributed by atoms with van der Waals surface area (Å²) >= 11 is 0. The average molecular weight is 368 g/mol. The predicted octanol–water partition coefficient (Wildman–Crippen LogP) is 3.24. The summed E-state index contributed by atoms with van der Waals surface area (Å²) in [6, 6.07) is 14.9. The molecule has 5 nitrogen and oxygen atoms in total. The molecule has 1 N–H and O–H groups in total. The number of rotatable bonds is 8. The molecule has 0 aliphatic carbocycles. The Hall–Kier alpha value is -2.82. The van der Waals surface area contributed by atoms with Gasteiger partial charge in [0.25, 0.3) is 5.91 Å². The fraction of sp³-hybridized carbons (Fsp3) is 0.364. The van der Waals surface area contributed by atoms with Crippen molar-refractivity contribution in [2.24, 2.45) is 0 Å². The second-order valence-electron chi connectivity index (χ2n) is 6.63. The van der Waals surface area contributed by atoms with Crippen molar-refractivity contribution in [1.29, 1.82) is 0 Å². The molecule has 0 spiro atoms. The fourth-order valence-electron chi connectivity index (χ4n) is 2.74. The number of ether oxygens (including phenoxy) is 1. The van der Waals surface area contributed by atoms with Crippen LogP contribution in [0, 0.1) is 13.8 Å². The van der Waals surface area contributed by atoms with E-state index in [4.69, 9.17) is 4.74 Å². The minimum absolute atomic E-state index is 0.111. The van der Waals surface area contributed by atoms with Gasteiger partial charge >= 0.3 is 0 Å². The first-order chi connectivity index (χ1) is 12.9. The summed E-state index contributed by atoms with van der Waals surface area (Å²) in [4.78, 5) is 26.7. The van der Waals surface area contributed by atoms with Crippen molar-refractivity contribution in [1.82, 2.24) is 10.2 Å². The summed E-state index contributed by atoms with van der Waals surface area (Å²) in [5, 5.41) is 2.78. The van der Waals surface area contributed by atoms with E-state index in [2.05, 4.69) is 5.32 Å². The Kier molecular flexibility index (Phi) is 7.41. The smallest absolute Gasteiger partial charge is 0.261 e. The predicted molar refractivity (Wildman–Crippen MR) is 107 cm³/mol. The number of para-hydroxylation sites is 1. The standard InChI is InChI=1S/C22H28N2O3/c1-5-23-22(26)18(4)24(14-19-12-10-16(2)11-13-19)21(25)15-27-20-9-7-6-8-17(20)3/h6-13,18H,5,14-15H2,1-4H3,(H,23,26)/t18-/m1/s1. The van der Waals surface area contributed by atoms with Crippen molar-refractivity contribution >= 4 is 11.8 Å². The van der Waals surface area contributed by atoms with E-state index in [1.807, 2.05) is 69.3 Å². The van der Waals surface area contributed by atoms with Gasteiger partial charge in [-0.25, -0.2) is 0 Å². The third-order valence-electron chi connectivity index (χ3n) is 4.44. The number of amides is 2. The van der Waals surface area contributed by atoms with Crippen LogP contribution in [0.1, 0.15) is 30.5 Å². The maximum Gasteiger partial charge on any atom is 0.261 e. The molecule has 0 unspecified atom stereocenters. The van der Waals surface area contributed by atoms with Gasteiger partial charge in [0, 0.05) is 13.1 Å². The van der Waals surface area contributed by atoms with Crippen LogP contribution >= 0.6 is 0 Å². The summed E-state index contributed by atoms with van der Waals surface area (Å²) in [5.74, 6) is 0.276. The number of aryl methyl sites for hydroxylation is 2. The molecule has 0 aromatic heterocycles. The number of hydrogen-bond acceptors (Lipinski definition) is 3. The van der Waals surface area contributed by atoms with Crippen LogP contribution in [0.25, 0.3) is 0 Å². The van der Waals surface area contributed by atoms with Crippen LogP contribution in [0.15, 0.2) is 48.5 Å². The molecule has 0 fully saturated rings. The number of carbonyl (C=O) groups excluding carboxylic acids is 2. The summed E-state index contributed by atoms with van der Waals surface area (Å²) < 4.78 is 5.70. The number of likely N-dealkylation sites (N-methyl/N-ethyl adjacent to an activating group) is 1. The first kappa shape index (κ1) is 20.5. The highest BCUT2D eigenvalue weighted by Gasteiger charge is 2.26. The number of carbonyl (C=O) groups is 2. The Morgan fingerprint density at radius 1 is 1.07 bits per heavy atom. The topological polar surface area (TPSA) is 58.6 Å². The van der Waals surface area contributed by atoms with E-state index in [1.165, 1.54) is 0 Å². The van der Waals surface area contributed by atoms with Gasteiger partial charge in [0.15, 0.2) is 6.61 Å². The van der Waals surface area contributed by atoms with Gasteiger partial charge in [-0.2, -0.15) is 0 Å². The van der Waals surface area contributed by atoms with Gasteiger partial charge < -0.3 is 15.0 Å². The molecular formula is C22H28N2O3. The summed E-state index contributed by atoms with van der Waals surface area (Å²) in [5.41, 5.74) is 3.09. The van der Waals surface area contributed by atoms with Gasteiger partial charge in [0.05, 0.1) is 0 Å². The average Bonchev–Trinajstić information content (AvgIpc) is 2.66. The Labute approximate surface area is 161 Å². The molecule has 144 valence electrons. The van der Waals surface area contributed by atoms with Gasteiger partial charge in [-0.15, -0.1) is 0 Å². The second kappa shape index (κ2) is 9.76. The molecule has 0 aliphatic rings. The third kappa shape index (κ3) is 5.84. The van der Waals surface area contributed by atoms with Crippen molar-refractivity contribution in [2.45, 2.75) is 40.3 Å². The Morgan fingerprint density at radius 2 is 1.74 bits per heavy atom. The summed E-state index contributed by atoms with van der Waals surface area (Å²) in [6.07, 6.45) is 0. The third-order valence-corrected chi connectivity index (χ3v) is 4.44. The molecule has 0 saturated heterocycles. The van der Waals surface area contributed by atoms with E-state index in [9.17, 15) is 9.59 Å². The van der Waals surface area contributed by atoms with Crippen LogP contribution < -0.4 is 10.1 Å². The molecule has 0 heterocycles. The highest BCUT2D eigenvalue weighted by molar-refractivity contribution is 5.87. The van der Waals surface area contributed by atoms with E-state index >= 15 is 0 Å². The Morgan fingerprint density at radius 3 is 2.37 bits per heavy atom. The van der Waals surface area contributed by atoms with Crippen molar-refractivity contribution in [3.8, 4) is 5.75 Å². The zero-order chi connectivity index (χ0) is 19.8. The highest BCUT2D eigenvalue weighted by atomic mass is 16.5. The van der Waals surface area contributed by atoms with Crippen molar-refractivity contribution in [3.63, 3.8) is 0 Å². The van der Waals surface area contributed by atoms with E-state index in [-0.39, 0.29) is 18.4 Å². The molecule has 0 radical (unpaired) electrons. The SMILES string of the molecule is CCNC(=O)[C@@H](C)N(Cc1ccc(C)cc1)C(=O)COc1ccccc1C. The largest absolute Gasteiger partial charge is 0.484 e. The lowest BCUT2D eigenvalue weighted by atomic mass is 10.1. The summed E-state index contributed by atoms with van der Waals surface area (Å²) in [6.45, 7) is 8.31. The Balaban J connectivity index is 2.14. The quantitative estimate of drug-likeness (QED) is 0.778. The minimum atomic E-state index is -0.584. The molecule has 2 amide bonds. The van der Waals surface area contributed by atoms with Crippen LogP contribution in [0.5, 0.6) is 5.75 Å². The molecule has 2 aromatic carbocycles. The lowest BCUT2D eigenvalue weighted by Gasteiger charge is -2.28. The lowest BCUT2D eigenvalue weighted by molar-refractivity contribution is -0.142. The van der Waals surface area contributed by atoms with Gasteiger partial charge in [-0.05, 0) is 44.9 Å². The lowest BCUT2D eigenvalue weighted by Crippen LogP contribution is -2.49. The van der Waals surface area contributed by atoms with Crippen molar-refractivity contribution < 1.29 is 14.3 Å². The van der Waals surface area contributed by atoms with Gasteiger partial charge in [-0.3, -0.25) is 9.59 Å². The van der Waals surface area contributed by atoms with Crippen LogP contribution in [0.3, 0.4) is 0 Å². The van der Waals surface area contributed by atoms with Gasteiger partial charge in [0.1, 0.15) is 11.8 Å². The first-order valence-electron chi connectivity index (χ1n) is 9.23. The molecule has 1 atom stereocenters. The van der Waals surface area contributed by atoms with Crippen LogP contribution in [0.2, 0.25) is 0 Å². The molecule has 5 heteroatoms. The van der Waals surface area contributed by atoms with E-state index in [0.717, 1.165) is 16.7 Å². The highest BCUT2D eigenvalue weighted by Crippen LogP contribution is 2.17. The van der Waals surface area contributed by atoms with Crippen molar-refractivity contribution in [3.05, 3.63) is 65.2 Å². The monoisotopic (exact) mass is 368 g/mol. The van der Waals surface area contributed by atoms with E-state index in [1.54, 1.807) is 11.8 Å². The first-order valence-corrected chi connectivity index (χ1v) is 9.23. The molecule has 27 heavy (non-hydrogen) atoms. The molecule has 0 saturated carbocycles. The maximum atomic E-state index is 12.9. The molecule has 0 aliphatic heterocycles. The van der Waals surface area contributed by atoms with Crippen molar-refractivity contribution in [2.75, 3.05) is 13.2 Å². The molecule has 2 aromatic rings. The Bertz CT molecular complexity index is 771. The zero-order valence-electron chi connectivity index (χ0n) is 16.5. The maximum absolute atomic E-state index is 12.9. The molecule has 0 bridgehead atoms. The van der Waals surface area contributed by atoms with Gasteiger partial charge in [-0.1, -0.05) is 48.0 Å². The zero-order valence-corrected chi connectivity index (χ0v) is 16.5. The number of nitrogens with zero attached hydrogens (tertiary/aromatic N) is 1. The van der Waals surface area contributed by atoms with Crippen LogP contribution in [0.4, 0.5) is 0 Å². The number of hydrogen-bond donors (Lipinski definition) is 1. The number of nitrogens with one attached hydrogen (secondary N) is 1. The molecule has 2 rings (SSSR count). The second-order valence-corrected chi connectivity index (χ2v) is 6.63. The summed E-state index contributed by atoms with van der Waals surface area (Å²) in [7, 11) is 0. The van der Waals surface area contributed by atoms with Crippen LogP contribution in [-0.4, -0.2) is 35.9 Å². The fourth-order valence-corrected chi connectivity index (χ4v) is 2.74. The normalized spacial score (nSPS) is 11.6.